The van der Waals surface area contributed by atoms with E-state index in [4.69, 9.17) is 0 Å². The van der Waals surface area contributed by atoms with E-state index in [-0.39, 0.29) is 5.76 Å². The predicted molar refractivity (Wildman–Crippen MR) is 75.0 cm³/mol. The number of hydrogen-bond acceptors (Lipinski definition) is 4. The summed E-state index contributed by atoms with van der Waals surface area (Å²) in [4.78, 5) is 12.4. The molecule has 0 saturated carbocycles. The highest BCUT2D eigenvalue weighted by Gasteiger charge is 2.17. The summed E-state index contributed by atoms with van der Waals surface area (Å²) in [5.41, 5.74) is 4.13. The van der Waals surface area contributed by atoms with Gasteiger partial charge < -0.3 is 5.11 Å². The van der Waals surface area contributed by atoms with Gasteiger partial charge in [0.25, 0.3) is 0 Å². The maximum Gasteiger partial charge on any atom is 0.212 e. The van der Waals surface area contributed by atoms with E-state index >= 15 is 0 Å². The average molecular weight is 279 g/mol. The van der Waals surface area contributed by atoms with E-state index in [2.05, 4.69) is 15.0 Å². The molecule has 0 aromatic carbocycles. The molecule has 0 atom stereocenters. The van der Waals surface area contributed by atoms with E-state index in [0.29, 0.717) is 11.9 Å². The number of aliphatic hydroxyl groups excluding tert-OH is 1. The lowest BCUT2D eigenvalue weighted by molar-refractivity contribution is 0.429. The molecule has 2 aliphatic rings. The molecule has 4 nitrogen and oxygen atoms in total. The van der Waals surface area contributed by atoms with Crippen LogP contribution in [0.1, 0.15) is 6.42 Å². The van der Waals surface area contributed by atoms with Crippen molar-refractivity contribution in [2.45, 2.75) is 6.42 Å². The van der Waals surface area contributed by atoms with Crippen LogP contribution in [0.2, 0.25) is 0 Å². The first-order chi connectivity index (χ1) is 10.2. The van der Waals surface area contributed by atoms with Crippen LogP contribution in [-0.2, 0) is 0 Å². The van der Waals surface area contributed by atoms with Crippen LogP contribution in [0, 0.1) is 5.95 Å². The van der Waals surface area contributed by atoms with Crippen LogP contribution in [0.25, 0.3) is 16.7 Å². The molecule has 0 fully saturated rings. The Morgan fingerprint density at radius 2 is 1.95 bits per heavy atom. The Hall–Kier alpha value is -2.82. The Kier molecular flexibility index (Phi) is 2.47. The number of aromatic nitrogens is 2. The minimum absolute atomic E-state index is 0.230. The second-order valence-electron chi connectivity index (χ2n) is 4.92. The fraction of sp³-hybridized carbons (Fsp3) is 0.0625. The van der Waals surface area contributed by atoms with Crippen LogP contribution in [0.5, 0.6) is 0 Å². The first kappa shape index (κ1) is 12.0. The summed E-state index contributed by atoms with van der Waals surface area (Å²) in [6.45, 7) is 0. The topological polar surface area (TPSA) is 58.4 Å². The van der Waals surface area contributed by atoms with Crippen molar-refractivity contribution >= 4 is 5.57 Å². The van der Waals surface area contributed by atoms with Gasteiger partial charge >= 0.3 is 0 Å². The Bertz CT molecular complexity index is 927. The van der Waals surface area contributed by atoms with Crippen LogP contribution in [0.15, 0.2) is 59.2 Å². The van der Waals surface area contributed by atoms with Crippen molar-refractivity contribution < 1.29 is 9.50 Å². The highest BCUT2D eigenvalue weighted by molar-refractivity contribution is 5.71. The van der Waals surface area contributed by atoms with E-state index in [1.807, 2.05) is 6.07 Å². The zero-order valence-corrected chi connectivity index (χ0v) is 10.9. The van der Waals surface area contributed by atoms with Crippen molar-refractivity contribution in [3.05, 3.63) is 70.9 Å². The molecule has 0 amide bonds. The second-order valence-corrected chi connectivity index (χ2v) is 4.92. The molecule has 0 saturated heterocycles. The van der Waals surface area contributed by atoms with Crippen molar-refractivity contribution in [2.24, 2.45) is 4.99 Å². The lowest BCUT2D eigenvalue weighted by Crippen LogP contribution is -2.26. The van der Waals surface area contributed by atoms with E-state index in [9.17, 15) is 9.50 Å². The third-order valence-corrected chi connectivity index (χ3v) is 3.59. The van der Waals surface area contributed by atoms with Crippen molar-refractivity contribution in [3.63, 3.8) is 0 Å². The number of fused-ring (bicyclic) bond motifs is 2. The summed E-state index contributed by atoms with van der Waals surface area (Å²) >= 11 is 0. The van der Waals surface area contributed by atoms with E-state index < -0.39 is 5.95 Å². The number of rotatable bonds is 1. The summed E-state index contributed by atoms with van der Waals surface area (Å²) in [6, 6.07) is 4.98. The molecule has 1 aliphatic carbocycles. The van der Waals surface area contributed by atoms with E-state index in [0.717, 1.165) is 27.6 Å². The quantitative estimate of drug-likeness (QED) is 0.810. The zero-order chi connectivity index (χ0) is 14.4. The fourth-order valence-electron chi connectivity index (χ4n) is 2.53. The van der Waals surface area contributed by atoms with Crippen molar-refractivity contribution in [3.8, 4) is 11.1 Å². The molecular weight excluding hydrogens is 269 g/mol. The van der Waals surface area contributed by atoms with Gasteiger partial charge in [-0.1, -0.05) is 0 Å². The van der Waals surface area contributed by atoms with Crippen molar-refractivity contribution in [1.29, 1.82) is 0 Å². The molecule has 0 radical (unpaired) electrons. The van der Waals surface area contributed by atoms with Gasteiger partial charge in [0.15, 0.2) is 5.49 Å². The molecule has 0 bridgehead atoms. The van der Waals surface area contributed by atoms with Crippen molar-refractivity contribution in [2.75, 3.05) is 0 Å². The number of pyridine rings is 2. The zero-order valence-electron chi connectivity index (χ0n) is 10.9. The molecule has 5 heteroatoms. The van der Waals surface area contributed by atoms with Gasteiger partial charge in [-0.2, -0.15) is 4.39 Å². The summed E-state index contributed by atoms with van der Waals surface area (Å²) in [5, 5.41) is 10.5. The fourth-order valence-corrected chi connectivity index (χ4v) is 2.53. The van der Waals surface area contributed by atoms with E-state index in [1.54, 1.807) is 24.4 Å². The maximum atomic E-state index is 12.9. The van der Waals surface area contributed by atoms with Crippen LogP contribution >= 0.6 is 0 Å². The highest BCUT2D eigenvalue weighted by Crippen LogP contribution is 2.25. The third kappa shape index (κ3) is 1.94. The van der Waals surface area contributed by atoms with Crippen LogP contribution < -0.4 is 10.7 Å². The average Bonchev–Trinajstić information content (AvgIpc) is 2.84. The number of nitrogens with zero attached hydrogens (tertiary/aromatic N) is 3. The second kappa shape index (κ2) is 4.34. The molecule has 2 aromatic heterocycles. The van der Waals surface area contributed by atoms with Gasteiger partial charge in [-0.15, -0.1) is 0 Å². The smallest absolute Gasteiger partial charge is 0.212 e. The summed E-state index contributed by atoms with van der Waals surface area (Å²) < 4.78 is 12.9. The molecular formula is C16H10FN3O. The van der Waals surface area contributed by atoms with Gasteiger partial charge in [-0.05, 0) is 36.3 Å². The number of aliphatic hydroxyl groups is 1. The Morgan fingerprint density at radius 1 is 1.10 bits per heavy atom. The molecule has 0 spiro atoms. The SMILES string of the molecule is OC1=CCC2=c3cc(-c4ccc(F)nc4)cnc3=NC2=C1. The first-order valence-electron chi connectivity index (χ1n) is 6.52. The molecule has 1 aliphatic heterocycles. The summed E-state index contributed by atoms with van der Waals surface area (Å²) in [7, 11) is 0. The Labute approximate surface area is 119 Å². The lowest BCUT2D eigenvalue weighted by atomic mass is 10.0. The van der Waals surface area contributed by atoms with Crippen LogP contribution in [0.4, 0.5) is 4.39 Å². The van der Waals surface area contributed by atoms with Gasteiger partial charge in [0.1, 0.15) is 5.76 Å². The van der Waals surface area contributed by atoms with Gasteiger partial charge in [-0.3, -0.25) is 0 Å². The monoisotopic (exact) mass is 279 g/mol. The Balaban J connectivity index is 1.90. The maximum absolute atomic E-state index is 12.9. The predicted octanol–water partition coefficient (Wildman–Crippen LogP) is 1.80. The standard InChI is InChI=1S/C16H10FN3O/c17-15-4-1-9(7-18-15)10-5-13-12-3-2-11(21)6-14(12)20-16(13)19-8-10/h1-2,4-8,21H,3H2. The Morgan fingerprint density at radius 3 is 2.76 bits per heavy atom. The molecule has 1 N–H and O–H groups in total. The molecule has 3 heterocycles. The lowest BCUT2D eigenvalue weighted by Gasteiger charge is -2.06. The van der Waals surface area contributed by atoms with Gasteiger partial charge in [0.05, 0.1) is 5.70 Å². The first-order valence-corrected chi connectivity index (χ1v) is 6.52. The molecule has 102 valence electrons. The minimum Gasteiger partial charge on any atom is -0.508 e. The van der Waals surface area contributed by atoms with Crippen molar-refractivity contribution in [1.82, 2.24) is 9.97 Å². The van der Waals surface area contributed by atoms with E-state index in [1.165, 1.54) is 12.3 Å². The summed E-state index contributed by atoms with van der Waals surface area (Å²) in [6.07, 6.45) is 7.19. The summed E-state index contributed by atoms with van der Waals surface area (Å²) in [5.74, 6) is -0.274. The molecule has 2 aromatic rings. The molecule has 4 rings (SSSR count). The van der Waals surface area contributed by atoms with Crippen LogP contribution in [-0.4, -0.2) is 15.1 Å². The molecule has 21 heavy (non-hydrogen) atoms. The van der Waals surface area contributed by atoms with Crippen LogP contribution in [0.3, 0.4) is 0 Å². The minimum atomic E-state index is -0.504. The van der Waals surface area contributed by atoms with Gasteiger partial charge in [0.2, 0.25) is 5.95 Å². The normalized spacial score (nSPS) is 15.8. The number of hydrogen-bond donors (Lipinski definition) is 1. The third-order valence-electron chi connectivity index (χ3n) is 3.59. The number of halogens is 1. The largest absolute Gasteiger partial charge is 0.508 e. The number of allylic oxidation sites excluding steroid dienone is 3. The highest BCUT2D eigenvalue weighted by atomic mass is 19.1. The van der Waals surface area contributed by atoms with Gasteiger partial charge in [0, 0.05) is 34.8 Å². The molecule has 0 unspecified atom stereocenters. The van der Waals surface area contributed by atoms with Gasteiger partial charge in [-0.25, -0.2) is 15.0 Å².